The van der Waals surface area contributed by atoms with Crippen molar-refractivity contribution in [2.45, 2.75) is 63.4 Å². The van der Waals surface area contributed by atoms with E-state index < -0.39 is 15.9 Å². The van der Waals surface area contributed by atoms with Crippen molar-refractivity contribution in [3.05, 3.63) is 29.8 Å². The number of hydrogen-bond donors (Lipinski definition) is 3. The number of piperidine rings is 1. The van der Waals surface area contributed by atoms with Crippen molar-refractivity contribution in [1.82, 2.24) is 20.5 Å². The molecule has 9 heteroatoms. The van der Waals surface area contributed by atoms with Crippen molar-refractivity contribution in [3.8, 4) is 0 Å². The zero-order chi connectivity index (χ0) is 20.2. The Labute approximate surface area is 166 Å². The fraction of sp³-hybridized carbons (Fsp3) is 0.556. The van der Waals surface area contributed by atoms with Crippen LogP contribution in [0.15, 0.2) is 29.2 Å². The van der Waals surface area contributed by atoms with Crippen LogP contribution >= 0.6 is 12.2 Å². The first-order chi connectivity index (χ1) is 12.5. The lowest BCUT2D eigenvalue weighted by molar-refractivity contribution is 0.0943. The molecule has 1 aliphatic rings. The number of carbonyl (C=O) groups excluding carboxylic acids is 1. The van der Waals surface area contributed by atoms with Gasteiger partial charge in [-0.3, -0.25) is 15.6 Å². The monoisotopic (exact) mass is 412 g/mol. The molecule has 7 nitrogen and oxygen atoms in total. The molecule has 27 heavy (non-hydrogen) atoms. The van der Waals surface area contributed by atoms with Gasteiger partial charge in [0.05, 0.1) is 4.90 Å². The summed E-state index contributed by atoms with van der Waals surface area (Å²) >= 11 is 5.11. The summed E-state index contributed by atoms with van der Waals surface area (Å²) in [5.41, 5.74) is 5.11. The van der Waals surface area contributed by atoms with E-state index in [9.17, 15) is 13.2 Å². The highest BCUT2D eigenvalue weighted by atomic mass is 32.2. The van der Waals surface area contributed by atoms with Crippen LogP contribution in [0.25, 0.3) is 0 Å². The van der Waals surface area contributed by atoms with Gasteiger partial charge in [-0.25, -0.2) is 8.42 Å². The Morgan fingerprint density at radius 2 is 1.93 bits per heavy atom. The molecule has 1 aromatic carbocycles. The number of sulfonamides is 1. The topological polar surface area (TPSA) is 90.5 Å². The first-order valence-electron chi connectivity index (χ1n) is 9.01. The number of carbonyl (C=O) groups is 1. The highest BCUT2D eigenvalue weighted by Crippen LogP contribution is 2.25. The second kappa shape index (κ2) is 8.53. The molecule has 1 heterocycles. The van der Waals surface area contributed by atoms with Crippen molar-refractivity contribution in [2.75, 3.05) is 6.54 Å². The summed E-state index contributed by atoms with van der Waals surface area (Å²) in [4.78, 5) is 12.5. The molecule has 0 aliphatic carbocycles. The van der Waals surface area contributed by atoms with Gasteiger partial charge in [0.1, 0.15) is 0 Å². The Morgan fingerprint density at radius 1 is 1.22 bits per heavy atom. The van der Waals surface area contributed by atoms with Gasteiger partial charge in [-0.2, -0.15) is 4.31 Å². The minimum absolute atomic E-state index is 0.0382. The van der Waals surface area contributed by atoms with Gasteiger partial charge in [-0.1, -0.05) is 12.5 Å². The van der Waals surface area contributed by atoms with E-state index in [0.717, 1.165) is 19.3 Å². The van der Waals surface area contributed by atoms with Gasteiger partial charge in [-0.15, -0.1) is 0 Å². The molecule has 1 fully saturated rings. The van der Waals surface area contributed by atoms with Gasteiger partial charge in [0.2, 0.25) is 10.0 Å². The van der Waals surface area contributed by atoms with E-state index in [1.165, 1.54) is 16.4 Å². The molecule has 0 bridgehead atoms. The molecule has 1 amide bonds. The average Bonchev–Trinajstić information content (AvgIpc) is 2.58. The van der Waals surface area contributed by atoms with Crippen molar-refractivity contribution in [3.63, 3.8) is 0 Å². The zero-order valence-electron chi connectivity index (χ0n) is 16.2. The maximum atomic E-state index is 12.9. The largest absolute Gasteiger partial charge is 0.357 e. The maximum Gasteiger partial charge on any atom is 0.269 e. The Balaban J connectivity index is 2.10. The van der Waals surface area contributed by atoms with E-state index in [1.54, 1.807) is 12.1 Å². The summed E-state index contributed by atoms with van der Waals surface area (Å²) in [6.45, 7) is 8.25. The van der Waals surface area contributed by atoms with E-state index in [-0.39, 0.29) is 27.2 Å². The van der Waals surface area contributed by atoms with Gasteiger partial charge in [0.25, 0.3) is 5.91 Å². The van der Waals surface area contributed by atoms with Gasteiger partial charge >= 0.3 is 0 Å². The molecule has 1 saturated heterocycles. The fourth-order valence-electron chi connectivity index (χ4n) is 2.92. The summed E-state index contributed by atoms with van der Waals surface area (Å²) in [5, 5.41) is 3.29. The molecule has 3 N–H and O–H groups in total. The number of nitrogens with zero attached hydrogens (tertiary/aromatic N) is 1. The Kier molecular flexibility index (Phi) is 6.82. The van der Waals surface area contributed by atoms with Crippen LogP contribution in [0, 0.1) is 0 Å². The van der Waals surface area contributed by atoms with Gasteiger partial charge in [-0.05, 0) is 71.0 Å². The van der Waals surface area contributed by atoms with Crippen molar-refractivity contribution in [1.29, 1.82) is 0 Å². The van der Waals surface area contributed by atoms with Crippen molar-refractivity contribution >= 4 is 33.3 Å². The summed E-state index contributed by atoms with van der Waals surface area (Å²) in [5.74, 6) is -0.461. The molecule has 1 aliphatic heterocycles. The van der Waals surface area contributed by atoms with Crippen LogP contribution < -0.4 is 16.2 Å². The third kappa shape index (κ3) is 5.88. The Bertz CT molecular complexity index is 803. The minimum Gasteiger partial charge on any atom is -0.357 e. The number of benzene rings is 1. The van der Waals surface area contributed by atoms with Gasteiger partial charge in [0, 0.05) is 23.7 Å². The average molecular weight is 413 g/mol. The first kappa shape index (κ1) is 21.6. The highest BCUT2D eigenvalue weighted by Gasteiger charge is 2.31. The summed E-state index contributed by atoms with van der Waals surface area (Å²) < 4.78 is 27.4. The minimum atomic E-state index is -3.63. The number of amides is 1. The zero-order valence-corrected chi connectivity index (χ0v) is 17.8. The second-order valence-electron chi connectivity index (χ2n) is 7.77. The normalized spacial score (nSPS) is 18.6. The van der Waals surface area contributed by atoms with Gasteiger partial charge < -0.3 is 5.32 Å². The lowest BCUT2D eigenvalue weighted by Crippen LogP contribution is -2.52. The summed E-state index contributed by atoms with van der Waals surface area (Å²) in [6.07, 6.45) is 2.73. The van der Waals surface area contributed by atoms with Crippen molar-refractivity contribution < 1.29 is 13.2 Å². The molecule has 0 unspecified atom stereocenters. The molecule has 0 aromatic heterocycles. The fourth-order valence-corrected chi connectivity index (χ4v) is 5.02. The smallest absolute Gasteiger partial charge is 0.269 e. The standard InChI is InChI=1S/C18H28N4O3S2/c1-13-8-5-6-11-22(13)27(24,25)15-10-7-9-14(12-15)16(23)20-21-17(26)19-18(2,3)4/h7,9-10,12-13H,5-6,8,11H2,1-4H3,(H,20,23)(H2,19,21,26)/t13-/m0/s1. The Hall–Kier alpha value is -1.71. The SMILES string of the molecule is C[C@H]1CCCCN1S(=O)(=O)c1cccc(C(=O)NNC(=S)NC(C)(C)C)c1. The number of thiocarbonyl (C=S) groups is 1. The van der Waals surface area contributed by atoms with E-state index in [0.29, 0.717) is 6.54 Å². The lowest BCUT2D eigenvalue weighted by Gasteiger charge is -2.32. The number of nitrogens with one attached hydrogen (secondary N) is 3. The Morgan fingerprint density at radius 3 is 2.56 bits per heavy atom. The molecular weight excluding hydrogens is 384 g/mol. The predicted octanol–water partition coefficient (Wildman–Crippen LogP) is 2.16. The third-order valence-electron chi connectivity index (χ3n) is 4.22. The maximum absolute atomic E-state index is 12.9. The molecule has 150 valence electrons. The van der Waals surface area contributed by atoms with E-state index in [2.05, 4.69) is 16.2 Å². The van der Waals surface area contributed by atoms with Crippen LogP contribution in [-0.4, -0.2) is 41.9 Å². The molecule has 1 aromatic rings. The number of rotatable bonds is 3. The quantitative estimate of drug-likeness (QED) is 0.521. The van der Waals surface area contributed by atoms with Crippen LogP contribution in [0.2, 0.25) is 0 Å². The number of hydrazine groups is 1. The molecule has 0 spiro atoms. The van der Waals surface area contributed by atoms with Crippen LogP contribution in [0.5, 0.6) is 0 Å². The second-order valence-corrected chi connectivity index (χ2v) is 10.1. The predicted molar refractivity (Wildman–Crippen MR) is 110 cm³/mol. The lowest BCUT2D eigenvalue weighted by atomic mass is 10.1. The highest BCUT2D eigenvalue weighted by molar-refractivity contribution is 7.89. The molecular formula is C18H28N4O3S2. The first-order valence-corrected chi connectivity index (χ1v) is 10.9. The third-order valence-corrected chi connectivity index (χ3v) is 6.44. The number of hydrogen-bond acceptors (Lipinski definition) is 4. The molecule has 2 rings (SSSR count). The van der Waals surface area contributed by atoms with Crippen molar-refractivity contribution in [2.24, 2.45) is 0 Å². The van der Waals surface area contributed by atoms with Crippen LogP contribution in [0.1, 0.15) is 57.3 Å². The molecule has 0 saturated carbocycles. The molecule has 1 atom stereocenters. The van der Waals surface area contributed by atoms with Crippen LogP contribution in [0.4, 0.5) is 0 Å². The van der Waals surface area contributed by atoms with Crippen LogP contribution in [-0.2, 0) is 10.0 Å². The molecule has 0 radical (unpaired) electrons. The summed E-state index contributed by atoms with van der Waals surface area (Å²) in [7, 11) is -3.63. The van der Waals surface area contributed by atoms with E-state index >= 15 is 0 Å². The van der Waals surface area contributed by atoms with Crippen LogP contribution in [0.3, 0.4) is 0 Å². The van der Waals surface area contributed by atoms with Gasteiger partial charge in [0.15, 0.2) is 5.11 Å². The van der Waals surface area contributed by atoms with E-state index in [4.69, 9.17) is 12.2 Å². The summed E-state index contributed by atoms with van der Waals surface area (Å²) in [6, 6.07) is 6.02. The van der Waals surface area contributed by atoms with E-state index in [1.807, 2.05) is 27.7 Å².